The Kier molecular flexibility index (Phi) is 6.85. The van der Waals surface area contributed by atoms with Crippen molar-refractivity contribution in [1.29, 1.82) is 0 Å². The van der Waals surface area contributed by atoms with Crippen molar-refractivity contribution < 1.29 is 22.7 Å². The number of fused-ring (bicyclic) bond motifs is 1. The van der Waals surface area contributed by atoms with Crippen LogP contribution in [-0.2, 0) is 32.9 Å². The fourth-order valence-corrected chi connectivity index (χ4v) is 5.06. The van der Waals surface area contributed by atoms with Crippen LogP contribution in [0, 0.1) is 6.92 Å². The maximum absolute atomic E-state index is 13.5. The first-order valence-corrected chi connectivity index (χ1v) is 13.1. The van der Waals surface area contributed by atoms with Crippen LogP contribution >= 0.6 is 0 Å². The summed E-state index contributed by atoms with van der Waals surface area (Å²) in [6, 6.07) is 8.08. The lowest BCUT2D eigenvalue weighted by Gasteiger charge is -2.33. The standard InChI is InChI=1S/C25H27N5O5S/c1-5-36(33,34)17-7-6-16(26-14-17)13-21(31)28-20-12-15(2)23-18(27-20)10-11-25(3,24(23)32)19-8-9-22(35-4)30-29-19/h6-9,12,14H,5,10-11,13H2,1-4H3,(H,27,28,31). The number of sulfone groups is 1. The van der Waals surface area contributed by atoms with Crippen LogP contribution in [0.1, 0.15) is 53.3 Å². The van der Waals surface area contributed by atoms with Gasteiger partial charge in [0, 0.05) is 23.5 Å². The van der Waals surface area contributed by atoms with E-state index in [-0.39, 0.29) is 28.8 Å². The van der Waals surface area contributed by atoms with Crippen molar-refractivity contribution in [1.82, 2.24) is 20.2 Å². The van der Waals surface area contributed by atoms with E-state index in [1.54, 1.807) is 25.1 Å². The number of ether oxygens (including phenoxy) is 1. The van der Waals surface area contributed by atoms with Gasteiger partial charge in [0.15, 0.2) is 15.6 Å². The molecule has 3 aromatic heterocycles. The molecule has 1 atom stereocenters. The molecule has 0 saturated heterocycles. The molecule has 1 aliphatic carbocycles. The number of nitrogens with one attached hydrogen (secondary N) is 1. The average Bonchev–Trinajstić information content (AvgIpc) is 2.86. The molecular weight excluding hydrogens is 482 g/mol. The first kappa shape index (κ1) is 25.4. The van der Waals surface area contributed by atoms with E-state index >= 15 is 0 Å². The van der Waals surface area contributed by atoms with E-state index in [1.807, 2.05) is 13.8 Å². The van der Waals surface area contributed by atoms with Crippen molar-refractivity contribution in [3.05, 3.63) is 64.7 Å². The summed E-state index contributed by atoms with van der Waals surface area (Å²) in [6.45, 7) is 5.23. The number of carbonyl (C=O) groups is 2. The zero-order valence-electron chi connectivity index (χ0n) is 20.5. The van der Waals surface area contributed by atoms with Crippen molar-refractivity contribution in [2.75, 3.05) is 18.2 Å². The Morgan fingerprint density at radius 3 is 2.58 bits per heavy atom. The molecule has 0 bridgehead atoms. The largest absolute Gasteiger partial charge is 0.480 e. The SMILES string of the molecule is CCS(=O)(=O)c1ccc(CC(=O)Nc2cc(C)c3c(n2)CCC(C)(c2ccc(OC)nn2)C3=O)nc1. The van der Waals surface area contributed by atoms with Crippen LogP contribution in [0.15, 0.2) is 41.4 Å². The number of aryl methyl sites for hydroxylation is 2. The number of nitrogens with zero attached hydrogens (tertiary/aromatic N) is 4. The predicted molar refractivity (Wildman–Crippen MR) is 132 cm³/mol. The number of methoxy groups -OCH3 is 1. The second kappa shape index (κ2) is 9.73. The van der Waals surface area contributed by atoms with Crippen molar-refractivity contribution in [3.63, 3.8) is 0 Å². The summed E-state index contributed by atoms with van der Waals surface area (Å²) in [5.74, 6) is 0.273. The fraction of sp³-hybridized carbons (Fsp3) is 0.360. The molecule has 11 heteroatoms. The molecule has 36 heavy (non-hydrogen) atoms. The van der Waals surface area contributed by atoms with Crippen LogP contribution < -0.4 is 10.1 Å². The van der Waals surface area contributed by atoms with Crippen molar-refractivity contribution in [2.24, 2.45) is 0 Å². The molecule has 3 heterocycles. The molecule has 0 saturated carbocycles. The lowest BCUT2D eigenvalue weighted by atomic mass is 9.70. The number of anilines is 1. The third kappa shape index (κ3) is 4.83. The van der Waals surface area contributed by atoms with Crippen LogP contribution in [0.5, 0.6) is 5.88 Å². The van der Waals surface area contributed by atoms with Gasteiger partial charge in [-0.1, -0.05) is 6.92 Å². The molecule has 1 unspecified atom stereocenters. The third-order valence-electron chi connectivity index (χ3n) is 6.44. The molecule has 0 spiro atoms. The van der Waals surface area contributed by atoms with E-state index in [2.05, 4.69) is 25.5 Å². The summed E-state index contributed by atoms with van der Waals surface area (Å²) >= 11 is 0. The summed E-state index contributed by atoms with van der Waals surface area (Å²) in [5.41, 5.74) is 2.03. The summed E-state index contributed by atoms with van der Waals surface area (Å²) in [5, 5.41) is 11.0. The normalized spacial score (nSPS) is 17.4. The maximum Gasteiger partial charge on any atom is 0.233 e. The minimum atomic E-state index is -3.35. The fourth-order valence-electron chi connectivity index (χ4n) is 4.24. The number of ketones is 1. The van der Waals surface area contributed by atoms with E-state index in [9.17, 15) is 18.0 Å². The summed E-state index contributed by atoms with van der Waals surface area (Å²) in [7, 11) is -1.85. The predicted octanol–water partition coefficient (Wildman–Crippen LogP) is 2.65. The molecule has 3 aromatic rings. The topological polar surface area (TPSA) is 141 Å². The highest BCUT2D eigenvalue weighted by Crippen LogP contribution is 2.38. The number of aromatic nitrogens is 4. The van der Waals surface area contributed by atoms with Crippen molar-refractivity contribution >= 4 is 27.3 Å². The Morgan fingerprint density at radius 2 is 1.97 bits per heavy atom. The summed E-state index contributed by atoms with van der Waals surface area (Å²) in [6.07, 6.45) is 2.25. The molecule has 1 aliphatic rings. The Labute approximate surface area is 209 Å². The van der Waals surface area contributed by atoms with Gasteiger partial charge in [0.05, 0.1) is 41.0 Å². The van der Waals surface area contributed by atoms with Crippen molar-refractivity contribution in [3.8, 4) is 5.88 Å². The van der Waals surface area contributed by atoms with Gasteiger partial charge >= 0.3 is 0 Å². The highest BCUT2D eigenvalue weighted by Gasteiger charge is 2.43. The molecule has 10 nitrogen and oxygen atoms in total. The van der Waals surface area contributed by atoms with E-state index < -0.39 is 15.3 Å². The monoisotopic (exact) mass is 509 g/mol. The quantitative estimate of drug-likeness (QED) is 0.509. The summed E-state index contributed by atoms with van der Waals surface area (Å²) in [4.78, 5) is 34.9. The van der Waals surface area contributed by atoms with Gasteiger partial charge in [-0.25, -0.2) is 13.4 Å². The van der Waals surface area contributed by atoms with Gasteiger partial charge in [0.1, 0.15) is 5.82 Å². The molecule has 1 amide bonds. The number of hydrogen-bond donors (Lipinski definition) is 1. The molecule has 188 valence electrons. The van der Waals surface area contributed by atoms with Crippen LogP contribution in [0.3, 0.4) is 0 Å². The number of carbonyl (C=O) groups excluding carboxylic acids is 2. The lowest BCUT2D eigenvalue weighted by Crippen LogP contribution is -2.39. The summed E-state index contributed by atoms with van der Waals surface area (Å²) < 4.78 is 28.9. The molecule has 0 radical (unpaired) electrons. The molecule has 1 N–H and O–H groups in total. The van der Waals surface area contributed by atoms with E-state index in [0.29, 0.717) is 52.7 Å². The molecule has 0 aromatic carbocycles. The van der Waals surface area contributed by atoms with Gasteiger partial charge in [0.25, 0.3) is 0 Å². The van der Waals surface area contributed by atoms with Gasteiger partial charge < -0.3 is 10.1 Å². The minimum absolute atomic E-state index is 0.0208. The van der Waals surface area contributed by atoms with E-state index in [4.69, 9.17) is 4.74 Å². The molecule has 0 aliphatic heterocycles. The smallest absolute Gasteiger partial charge is 0.233 e. The second-order valence-corrected chi connectivity index (χ2v) is 11.2. The van der Waals surface area contributed by atoms with Crippen LogP contribution in [-0.4, -0.2) is 53.1 Å². The Balaban J connectivity index is 1.50. The third-order valence-corrected chi connectivity index (χ3v) is 8.16. The number of rotatable bonds is 7. The van der Waals surface area contributed by atoms with E-state index in [1.165, 1.54) is 25.4 Å². The first-order valence-electron chi connectivity index (χ1n) is 11.5. The molecule has 4 rings (SSSR count). The Hall–Kier alpha value is -3.73. The molecular formula is C25H27N5O5S. The number of pyridine rings is 2. The number of hydrogen-bond acceptors (Lipinski definition) is 9. The van der Waals surface area contributed by atoms with E-state index in [0.717, 1.165) is 0 Å². The van der Waals surface area contributed by atoms with Gasteiger partial charge in [0.2, 0.25) is 11.8 Å². The van der Waals surface area contributed by atoms with Crippen LogP contribution in [0.2, 0.25) is 0 Å². The number of amides is 1. The first-order chi connectivity index (χ1) is 17.1. The van der Waals surface area contributed by atoms with Gasteiger partial charge in [-0.3, -0.25) is 14.6 Å². The van der Waals surface area contributed by atoms with Gasteiger partial charge in [-0.15, -0.1) is 5.10 Å². The zero-order valence-corrected chi connectivity index (χ0v) is 21.3. The van der Waals surface area contributed by atoms with Crippen LogP contribution in [0.25, 0.3) is 0 Å². The van der Waals surface area contributed by atoms with Gasteiger partial charge in [-0.05, 0) is 56.5 Å². The van der Waals surface area contributed by atoms with Crippen LogP contribution in [0.4, 0.5) is 5.82 Å². The second-order valence-electron chi connectivity index (χ2n) is 8.88. The van der Waals surface area contributed by atoms with Gasteiger partial charge in [-0.2, -0.15) is 5.10 Å². The highest BCUT2D eigenvalue weighted by atomic mass is 32.2. The Morgan fingerprint density at radius 1 is 1.19 bits per heavy atom. The average molecular weight is 510 g/mol. The number of Topliss-reactive ketones (excluding diaryl/α,β-unsaturated/α-hetero) is 1. The minimum Gasteiger partial charge on any atom is -0.480 e. The maximum atomic E-state index is 13.5. The Bertz CT molecular complexity index is 1420. The van der Waals surface area contributed by atoms with Crippen molar-refractivity contribution in [2.45, 2.75) is 50.3 Å². The zero-order chi connectivity index (χ0) is 26.1. The molecule has 0 fully saturated rings. The lowest BCUT2D eigenvalue weighted by molar-refractivity contribution is -0.115. The highest BCUT2D eigenvalue weighted by molar-refractivity contribution is 7.91.